The quantitative estimate of drug-likeness (QED) is 0.866. The van der Waals surface area contributed by atoms with Crippen LogP contribution < -0.4 is 5.32 Å². The molecule has 0 spiro atoms. The van der Waals surface area contributed by atoms with Crippen LogP contribution in [-0.2, 0) is 6.54 Å². The number of hydrogen-bond donors (Lipinski definition) is 1. The van der Waals surface area contributed by atoms with Crippen molar-refractivity contribution in [1.29, 1.82) is 0 Å². The lowest BCUT2D eigenvalue weighted by Crippen LogP contribution is -2.33. The van der Waals surface area contributed by atoms with E-state index in [1.807, 2.05) is 4.68 Å². The summed E-state index contributed by atoms with van der Waals surface area (Å²) in [6.45, 7) is 11.0. The molecule has 1 atom stereocenters. The maximum Gasteiger partial charge on any atom is 0.0765 e. The third kappa shape index (κ3) is 3.30. The second-order valence-corrected chi connectivity index (χ2v) is 5.24. The molecular weight excluding hydrogens is 212 g/mol. The van der Waals surface area contributed by atoms with Gasteiger partial charge in [0.1, 0.15) is 0 Å². The summed E-state index contributed by atoms with van der Waals surface area (Å²) in [7, 11) is 0. The van der Waals surface area contributed by atoms with Crippen molar-refractivity contribution < 1.29 is 0 Å². The summed E-state index contributed by atoms with van der Waals surface area (Å²) >= 11 is 0. The third-order valence-corrected chi connectivity index (χ3v) is 3.50. The van der Waals surface area contributed by atoms with E-state index in [2.05, 4.69) is 48.3 Å². The summed E-state index contributed by atoms with van der Waals surface area (Å²) in [6, 6.07) is 3.24. The van der Waals surface area contributed by atoms with Crippen LogP contribution in [0, 0.1) is 0 Å². The van der Waals surface area contributed by atoms with Gasteiger partial charge in [0.15, 0.2) is 0 Å². The molecule has 0 radical (unpaired) electrons. The molecule has 0 amide bonds. The average Bonchev–Trinajstić information content (AvgIpc) is 2.66. The lowest BCUT2D eigenvalue weighted by molar-refractivity contribution is 0.208. The van der Waals surface area contributed by atoms with E-state index in [1.165, 1.54) is 12.1 Å². The van der Waals surface area contributed by atoms with Crippen molar-refractivity contribution in [3.05, 3.63) is 18.0 Å². The van der Waals surface area contributed by atoms with E-state index in [0.717, 1.165) is 26.2 Å². The van der Waals surface area contributed by atoms with Gasteiger partial charge in [-0.1, -0.05) is 0 Å². The monoisotopic (exact) mass is 236 g/mol. The zero-order chi connectivity index (χ0) is 12.3. The molecule has 1 aliphatic heterocycles. The van der Waals surface area contributed by atoms with Crippen molar-refractivity contribution in [3.8, 4) is 0 Å². The SMILES string of the molecule is CC1CCNCCN1Cc1ccn(C(C)C)n1. The summed E-state index contributed by atoms with van der Waals surface area (Å²) in [5, 5.41) is 8.07. The molecule has 96 valence electrons. The summed E-state index contributed by atoms with van der Waals surface area (Å²) in [5.74, 6) is 0. The maximum absolute atomic E-state index is 4.62. The Bertz CT molecular complexity index is 345. The highest BCUT2D eigenvalue weighted by atomic mass is 15.3. The Kier molecular flexibility index (Phi) is 4.18. The molecule has 1 fully saturated rings. The fourth-order valence-corrected chi connectivity index (χ4v) is 2.25. The van der Waals surface area contributed by atoms with Crippen molar-refractivity contribution in [2.24, 2.45) is 0 Å². The van der Waals surface area contributed by atoms with E-state index < -0.39 is 0 Å². The van der Waals surface area contributed by atoms with Crippen molar-refractivity contribution in [1.82, 2.24) is 20.0 Å². The van der Waals surface area contributed by atoms with Crippen LogP contribution in [0.15, 0.2) is 12.3 Å². The van der Waals surface area contributed by atoms with Crippen molar-refractivity contribution in [2.75, 3.05) is 19.6 Å². The van der Waals surface area contributed by atoms with Gasteiger partial charge in [-0.25, -0.2) is 0 Å². The smallest absolute Gasteiger partial charge is 0.0765 e. The van der Waals surface area contributed by atoms with Gasteiger partial charge in [0, 0.05) is 37.9 Å². The second kappa shape index (κ2) is 5.65. The minimum Gasteiger partial charge on any atom is -0.315 e. The number of hydrogen-bond acceptors (Lipinski definition) is 3. The van der Waals surface area contributed by atoms with Crippen LogP contribution in [0.2, 0.25) is 0 Å². The summed E-state index contributed by atoms with van der Waals surface area (Å²) < 4.78 is 2.04. The molecule has 0 bridgehead atoms. The van der Waals surface area contributed by atoms with Gasteiger partial charge >= 0.3 is 0 Å². The van der Waals surface area contributed by atoms with E-state index >= 15 is 0 Å². The van der Waals surface area contributed by atoms with Crippen LogP contribution in [0.5, 0.6) is 0 Å². The molecule has 0 aliphatic carbocycles. The maximum atomic E-state index is 4.62. The largest absolute Gasteiger partial charge is 0.315 e. The van der Waals surface area contributed by atoms with Crippen LogP contribution in [0.1, 0.15) is 38.9 Å². The molecule has 4 heteroatoms. The van der Waals surface area contributed by atoms with E-state index in [9.17, 15) is 0 Å². The molecule has 1 aromatic heterocycles. The first-order valence-electron chi connectivity index (χ1n) is 6.65. The van der Waals surface area contributed by atoms with Gasteiger partial charge in [-0.2, -0.15) is 5.10 Å². The molecule has 4 nitrogen and oxygen atoms in total. The molecule has 1 aromatic rings. The van der Waals surface area contributed by atoms with Crippen LogP contribution in [0.25, 0.3) is 0 Å². The average molecular weight is 236 g/mol. The number of nitrogens with zero attached hydrogens (tertiary/aromatic N) is 3. The molecule has 2 rings (SSSR count). The Labute approximate surface area is 104 Å². The van der Waals surface area contributed by atoms with Crippen LogP contribution in [0.4, 0.5) is 0 Å². The molecule has 17 heavy (non-hydrogen) atoms. The fraction of sp³-hybridized carbons (Fsp3) is 0.769. The molecule has 1 unspecified atom stereocenters. The predicted octanol–water partition coefficient (Wildman–Crippen LogP) is 1.65. The van der Waals surface area contributed by atoms with Gasteiger partial charge in [-0.05, 0) is 39.8 Å². The summed E-state index contributed by atoms with van der Waals surface area (Å²) in [6.07, 6.45) is 3.31. The minimum absolute atomic E-state index is 0.451. The standard InChI is InChI=1S/C13H24N4/c1-11(2)17-8-5-13(15-17)10-16-9-7-14-6-4-12(16)3/h5,8,11-12,14H,4,6-7,9-10H2,1-3H3. The third-order valence-electron chi connectivity index (χ3n) is 3.50. The lowest BCUT2D eigenvalue weighted by atomic mass is 10.2. The zero-order valence-corrected chi connectivity index (χ0v) is 11.2. The Hall–Kier alpha value is -0.870. The van der Waals surface area contributed by atoms with E-state index in [1.54, 1.807) is 0 Å². The topological polar surface area (TPSA) is 33.1 Å². The van der Waals surface area contributed by atoms with E-state index in [0.29, 0.717) is 12.1 Å². The number of nitrogens with one attached hydrogen (secondary N) is 1. The molecule has 1 saturated heterocycles. The van der Waals surface area contributed by atoms with Crippen molar-refractivity contribution >= 4 is 0 Å². The van der Waals surface area contributed by atoms with Crippen molar-refractivity contribution in [3.63, 3.8) is 0 Å². The van der Waals surface area contributed by atoms with Crippen LogP contribution in [-0.4, -0.2) is 40.4 Å². The first-order chi connectivity index (χ1) is 8.16. The first kappa shape index (κ1) is 12.6. The highest BCUT2D eigenvalue weighted by Gasteiger charge is 2.17. The normalized spacial score (nSPS) is 22.9. The Morgan fingerprint density at radius 2 is 2.29 bits per heavy atom. The molecular formula is C13H24N4. The Balaban J connectivity index is 1.98. The summed E-state index contributed by atoms with van der Waals surface area (Å²) in [5.41, 5.74) is 1.19. The highest BCUT2D eigenvalue weighted by molar-refractivity contribution is 5.00. The number of aromatic nitrogens is 2. The molecule has 1 aliphatic rings. The van der Waals surface area contributed by atoms with E-state index in [-0.39, 0.29) is 0 Å². The van der Waals surface area contributed by atoms with Gasteiger partial charge in [0.2, 0.25) is 0 Å². The van der Waals surface area contributed by atoms with Crippen molar-refractivity contribution in [2.45, 2.75) is 45.8 Å². The molecule has 1 N–H and O–H groups in total. The summed E-state index contributed by atoms with van der Waals surface area (Å²) in [4.78, 5) is 2.52. The van der Waals surface area contributed by atoms with E-state index in [4.69, 9.17) is 0 Å². The molecule has 0 saturated carbocycles. The second-order valence-electron chi connectivity index (χ2n) is 5.24. The highest BCUT2D eigenvalue weighted by Crippen LogP contribution is 2.12. The van der Waals surface area contributed by atoms with Crippen LogP contribution >= 0.6 is 0 Å². The zero-order valence-electron chi connectivity index (χ0n) is 11.2. The van der Waals surface area contributed by atoms with Gasteiger partial charge in [0.25, 0.3) is 0 Å². The van der Waals surface area contributed by atoms with Gasteiger partial charge in [-0.15, -0.1) is 0 Å². The first-order valence-corrected chi connectivity index (χ1v) is 6.65. The molecule has 0 aromatic carbocycles. The Morgan fingerprint density at radius 1 is 1.47 bits per heavy atom. The predicted molar refractivity (Wildman–Crippen MR) is 70.0 cm³/mol. The van der Waals surface area contributed by atoms with Gasteiger partial charge < -0.3 is 5.32 Å². The van der Waals surface area contributed by atoms with Gasteiger partial charge in [-0.3, -0.25) is 9.58 Å². The van der Waals surface area contributed by atoms with Gasteiger partial charge in [0.05, 0.1) is 5.69 Å². The lowest BCUT2D eigenvalue weighted by Gasteiger charge is -2.25. The minimum atomic E-state index is 0.451. The Morgan fingerprint density at radius 3 is 3.00 bits per heavy atom. The fourth-order valence-electron chi connectivity index (χ4n) is 2.25. The number of rotatable bonds is 3. The molecule has 2 heterocycles. The van der Waals surface area contributed by atoms with Crippen LogP contribution in [0.3, 0.4) is 0 Å².